The molecule has 0 amide bonds. The lowest BCUT2D eigenvalue weighted by Crippen LogP contribution is -2.66. The van der Waals surface area contributed by atoms with Gasteiger partial charge in [0.1, 0.15) is 11.9 Å². The van der Waals surface area contributed by atoms with Crippen molar-refractivity contribution in [2.75, 3.05) is 12.0 Å². The van der Waals surface area contributed by atoms with Crippen LogP contribution < -0.4 is 9.64 Å². The van der Waals surface area contributed by atoms with Gasteiger partial charge in [0.2, 0.25) is 0 Å². The molecule has 4 fully saturated rings. The van der Waals surface area contributed by atoms with Crippen LogP contribution in [0.2, 0.25) is 0 Å². The molecular weight excluding hydrogens is 396 g/mol. The summed E-state index contributed by atoms with van der Waals surface area (Å²) in [6, 6.07) is 11.5. The maximum Gasteiger partial charge on any atom is 0.311 e. The summed E-state index contributed by atoms with van der Waals surface area (Å²) in [5.41, 5.74) is 0.921. The Kier molecular flexibility index (Phi) is 4.30. The monoisotopic (exact) mass is 416 g/mol. The third-order valence-corrected chi connectivity index (χ3v) is 7.19. The number of carbonyl (C=O) groups is 1. The highest BCUT2D eigenvalue weighted by Gasteiger charge is 2.63. The van der Waals surface area contributed by atoms with Crippen molar-refractivity contribution in [3.8, 4) is 5.75 Å². The van der Waals surface area contributed by atoms with Crippen LogP contribution in [0.15, 0.2) is 41.8 Å². The summed E-state index contributed by atoms with van der Waals surface area (Å²) in [6.45, 7) is 0.637. The lowest BCUT2D eigenvalue weighted by Gasteiger charge is -2.49. The van der Waals surface area contributed by atoms with E-state index in [9.17, 15) is 9.90 Å². The number of anilines is 1. The summed E-state index contributed by atoms with van der Waals surface area (Å²) < 4.78 is 10.9. The lowest BCUT2D eigenvalue weighted by atomic mass is 9.74. The van der Waals surface area contributed by atoms with Gasteiger partial charge in [-0.05, 0) is 54.4 Å². The van der Waals surface area contributed by atoms with Crippen LogP contribution in [0.25, 0.3) is 0 Å². The molecule has 4 heterocycles. The summed E-state index contributed by atoms with van der Waals surface area (Å²) in [4.78, 5) is 17.9. The van der Waals surface area contributed by atoms with E-state index >= 15 is 0 Å². The smallest absolute Gasteiger partial charge is 0.311 e. The van der Waals surface area contributed by atoms with Gasteiger partial charge in [-0.3, -0.25) is 4.79 Å². The molecular formula is C20H20N2O4S2. The molecule has 1 aromatic carbocycles. The Morgan fingerprint density at radius 3 is 2.75 bits per heavy atom. The number of esters is 1. The first-order valence-electron chi connectivity index (χ1n) is 9.23. The number of aliphatic hydroxyl groups excluding tert-OH is 1. The largest absolute Gasteiger partial charge is 0.497 e. The number of hydrogen-bond acceptors (Lipinski definition) is 6. The summed E-state index contributed by atoms with van der Waals surface area (Å²) in [5.74, 6) is 0.120. The minimum absolute atomic E-state index is 0.143. The maximum atomic E-state index is 12.5. The molecule has 28 heavy (non-hydrogen) atoms. The summed E-state index contributed by atoms with van der Waals surface area (Å²) in [5, 5.41) is 13.2. The summed E-state index contributed by atoms with van der Waals surface area (Å²) in [6.07, 6.45) is -0.815. The number of aliphatic hydroxyl groups is 1. The fourth-order valence-corrected chi connectivity index (χ4v) is 5.77. The normalized spacial score (nSPS) is 31.1. The Morgan fingerprint density at radius 1 is 1.29 bits per heavy atom. The third-order valence-electron chi connectivity index (χ3n) is 5.90. The Bertz CT molecular complexity index is 901. The first kappa shape index (κ1) is 17.9. The molecule has 6 nitrogen and oxygen atoms in total. The van der Waals surface area contributed by atoms with Crippen molar-refractivity contribution < 1.29 is 19.4 Å². The molecule has 146 valence electrons. The van der Waals surface area contributed by atoms with Crippen molar-refractivity contribution >= 4 is 40.3 Å². The topological polar surface area (TPSA) is 62.2 Å². The number of methoxy groups -OCH3 is 1. The second kappa shape index (κ2) is 6.72. The molecule has 1 saturated carbocycles. The van der Waals surface area contributed by atoms with Gasteiger partial charge in [-0.1, -0.05) is 6.07 Å². The SMILES string of the molecule is COc1ccc(N2C(=S)N(Cc3cccs3)[C@H]3[C@H]4OC(=O)[C@H](C[C@H]4O)[C@H]32)cc1. The zero-order valence-electron chi connectivity index (χ0n) is 15.2. The van der Waals surface area contributed by atoms with E-state index in [0.717, 1.165) is 11.4 Å². The van der Waals surface area contributed by atoms with Gasteiger partial charge in [-0.15, -0.1) is 11.3 Å². The lowest BCUT2D eigenvalue weighted by molar-refractivity contribution is -0.194. The van der Waals surface area contributed by atoms with Crippen molar-refractivity contribution in [3.63, 3.8) is 0 Å². The quantitative estimate of drug-likeness (QED) is 0.607. The number of fused-ring (bicyclic) bond motifs is 2. The van der Waals surface area contributed by atoms with Crippen molar-refractivity contribution in [1.29, 1.82) is 0 Å². The van der Waals surface area contributed by atoms with E-state index < -0.39 is 18.1 Å². The second-order valence-corrected chi connectivity index (χ2v) is 8.75. The van der Waals surface area contributed by atoms with E-state index in [0.29, 0.717) is 18.1 Å². The molecule has 3 saturated heterocycles. The van der Waals surface area contributed by atoms with Crippen LogP contribution in [0.3, 0.4) is 0 Å². The predicted octanol–water partition coefficient (Wildman–Crippen LogP) is 2.41. The van der Waals surface area contributed by atoms with E-state index in [1.165, 1.54) is 4.88 Å². The van der Waals surface area contributed by atoms with Crippen LogP contribution in [0.4, 0.5) is 5.69 Å². The van der Waals surface area contributed by atoms with Crippen LogP contribution in [0.5, 0.6) is 5.75 Å². The van der Waals surface area contributed by atoms with Gasteiger partial charge in [-0.25, -0.2) is 0 Å². The van der Waals surface area contributed by atoms with Crippen molar-refractivity contribution in [3.05, 3.63) is 46.7 Å². The molecule has 1 aliphatic carbocycles. The van der Waals surface area contributed by atoms with Gasteiger partial charge in [0, 0.05) is 10.6 Å². The highest BCUT2D eigenvalue weighted by molar-refractivity contribution is 7.80. The van der Waals surface area contributed by atoms with E-state index in [1.807, 2.05) is 35.7 Å². The fourth-order valence-electron chi connectivity index (χ4n) is 4.66. The number of carbonyl (C=O) groups excluding carboxylic acids is 1. The van der Waals surface area contributed by atoms with Crippen LogP contribution in [-0.4, -0.2) is 52.5 Å². The standard InChI is InChI=1S/C20H20N2O4S2/c1-25-12-6-4-11(5-7-12)22-16-14-9-15(23)18(26-19(14)24)17(16)21(20(22)27)10-13-3-2-8-28-13/h2-8,14-18,23H,9-10H2,1H3/t14-,15-,16-,17-,18+/m1/s1. The molecule has 5 atom stereocenters. The van der Waals surface area contributed by atoms with Crippen LogP contribution in [0, 0.1) is 5.92 Å². The van der Waals surface area contributed by atoms with Crippen LogP contribution in [-0.2, 0) is 16.1 Å². The number of thiocarbonyl (C=S) groups is 1. The van der Waals surface area contributed by atoms with Gasteiger partial charge >= 0.3 is 5.97 Å². The first-order chi connectivity index (χ1) is 13.6. The van der Waals surface area contributed by atoms with E-state index in [1.54, 1.807) is 18.4 Å². The zero-order chi connectivity index (χ0) is 19.4. The number of thiophene rings is 1. The molecule has 2 bridgehead atoms. The van der Waals surface area contributed by atoms with Crippen LogP contribution >= 0.6 is 23.6 Å². The Hall–Kier alpha value is -2.16. The molecule has 3 aliphatic heterocycles. The molecule has 6 rings (SSSR count). The minimum atomic E-state index is -0.659. The average Bonchev–Trinajstić information content (AvgIpc) is 3.31. The first-order valence-corrected chi connectivity index (χ1v) is 10.5. The molecule has 1 aromatic heterocycles. The number of rotatable bonds is 4. The van der Waals surface area contributed by atoms with Crippen molar-refractivity contribution in [2.24, 2.45) is 5.92 Å². The summed E-state index contributed by atoms with van der Waals surface area (Å²) in [7, 11) is 1.63. The molecule has 8 heteroatoms. The average molecular weight is 417 g/mol. The van der Waals surface area contributed by atoms with E-state index in [-0.39, 0.29) is 18.1 Å². The third kappa shape index (κ3) is 2.62. The number of ether oxygens (including phenoxy) is 2. The van der Waals surface area contributed by atoms with Gasteiger partial charge in [0.05, 0.1) is 37.8 Å². The fraction of sp³-hybridized carbons (Fsp3) is 0.400. The Balaban J connectivity index is 1.57. The van der Waals surface area contributed by atoms with E-state index in [2.05, 4.69) is 15.9 Å². The zero-order valence-corrected chi connectivity index (χ0v) is 16.9. The maximum absolute atomic E-state index is 12.5. The number of benzene rings is 1. The molecule has 4 aliphatic rings. The highest BCUT2D eigenvalue weighted by Crippen LogP contribution is 2.46. The van der Waals surface area contributed by atoms with Crippen LogP contribution in [0.1, 0.15) is 11.3 Å². The number of nitrogens with zero attached hydrogens (tertiary/aromatic N) is 2. The van der Waals surface area contributed by atoms with Crippen molar-refractivity contribution in [1.82, 2.24) is 4.90 Å². The minimum Gasteiger partial charge on any atom is -0.497 e. The Morgan fingerprint density at radius 2 is 2.07 bits per heavy atom. The summed E-state index contributed by atoms with van der Waals surface area (Å²) >= 11 is 7.55. The molecule has 1 N–H and O–H groups in total. The molecule has 0 spiro atoms. The van der Waals surface area contributed by atoms with E-state index in [4.69, 9.17) is 21.7 Å². The molecule has 0 unspecified atom stereocenters. The molecule has 0 radical (unpaired) electrons. The highest BCUT2D eigenvalue weighted by atomic mass is 32.1. The number of hydrogen-bond donors (Lipinski definition) is 1. The van der Waals surface area contributed by atoms with Crippen molar-refractivity contribution in [2.45, 2.75) is 37.3 Å². The van der Waals surface area contributed by atoms with Gasteiger partial charge in [0.15, 0.2) is 5.11 Å². The second-order valence-electron chi connectivity index (χ2n) is 7.35. The van der Waals surface area contributed by atoms with Gasteiger partial charge in [0.25, 0.3) is 0 Å². The molecule has 2 aromatic rings. The van der Waals surface area contributed by atoms with Gasteiger partial charge < -0.3 is 24.4 Å². The van der Waals surface area contributed by atoms with Gasteiger partial charge in [-0.2, -0.15) is 0 Å². The Labute approximate surface area is 172 Å². The predicted molar refractivity (Wildman–Crippen MR) is 110 cm³/mol.